The maximum absolute atomic E-state index is 12.1. The first-order valence-corrected chi connectivity index (χ1v) is 8.56. The third-order valence-corrected chi connectivity index (χ3v) is 3.57. The van der Waals surface area contributed by atoms with Crippen molar-refractivity contribution in [2.24, 2.45) is 0 Å². The lowest BCUT2D eigenvalue weighted by Gasteiger charge is -2.08. The number of carbonyl (C=O) groups is 1. The number of unbranched alkanes of at least 4 members (excludes halogenated alkanes) is 1. The number of amides is 1. The minimum atomic E-state index is -0.504. The van der Waals surface area contributed by atoms with Crippen molar-refractivity contribution in [1.82, 2.24) is 5.32 Å². The number of nitriles is 1. The van der Waals surface area contributed by atoms with Crippen LogP contribution in [0.25, 0.3) is 0 Å². The molecule has 1 aromatic rings. The average molecular weight is 366 g/mol. The van der Waals surface area contributed by atoms with Crippen LogP contribution in [0.1, 0.15) is 26.2 Å². The van der Waals surface area contributed by atoms with Gasteiger partial charge >= 0.3 is 0 Å². The number of carbonyl (C=O) groups excluding carboxylic acids is 1. The molecule has 0 spiro atoms. The number of nitrogens with zero attached hydrogens (tertiary/aromatic N) is 1. The highest BCUT2D eigenvalue weighted by Crippen LogP contribution is 2.27. The van der Waals surface area contributed by atoms with Crippen molar-refractivity contribution >= 4 is 23.2 Å². The van der Waals surface area contributed by atoms with E-state index in [1.54, 1.807) is 18.2 Å². The van der Waals surface area contributed by atoms with Gasteiger partial charge < -0.3 is 20.1 Å². The fraction of sp³-hybridized carbons (Fsp3) is 0.444. The highest BCUT2D eigenvalue weighted by atomic mass is 35.5. The standard InChI is InChI=1S/C18H24ClN3O3/c1-3-4-9-25-10-5-8-21-13-14(12-20)18(23)22-15-6-7-17(24-2)16(19)11-15/h6-7,11,13,21H,3-5,8-10H2,1-2H3,(H,22,23)/b14-13-. The predicted octanol–water partition coefficient (Wildman–Crippen LogP) is 3.49. The van der Waals surface area contributed by atoms with Crippen molar-refractivity contribution in [3.8, 4) is 11.8 Å². The average Bonchev–Trinajstić information content (AvgIpc) is 2.60. The molecule has 0 aliphatic carbocycles. The van der Waals surface area contributed by atoms with E-state index in [4.69, 9.17) is 26.3 Å². The first-order valence-electron chi connectivity index (χ1n) is 8.18. The maximum Gasteiger partial charge on any atom is 0.267 e. The number of benzene rings is 1. The number of methoxy groups -OCH3 is 1. The summed E-state index contributed by atoms with van der Waals surface area (Å²) in [5.41, 5.74) is 0.472. The third-order valence-electron chi connectivity index (χ3n) is 3.27. The summed E-state index contributed by atoms with van der Waals surface area (Å²) < 4.78 is 10.5. The Morgan fingerprint density at radius 1 is 1.36 bits per heavy atom. The Labute approximate surface area is 153 Å². The summed E-state index contributed by atoms with van der Waals surface area (Å²) in [6.45, 7) is 4.16. The van der Waals surface area contributed by atoms with Crippen LogP contribution in [0.4, 0.5) is 5.69 Å². The van der Waals surface area contributed by atoms with Crippen LogP contribution < -0.4 is 15.4 Å². The monoisotopic (exact) mass is 365 g/mol. The van der Waals surface area contributed by atoms with Gasteiger partial charge in [0.2, 0.25) is 0 Å². The summed E-state index contributed by atoms with van der Waals surface area (Å²) in [4.78, 5) is 12.1. The number of ether oxygens (including phenoxy) is 2. The Bertz CT molecular complexity index is 626. The second kappa shape index (κ2) is 12.2. The Balaban J connectivity index is 2.43. The second-order valence-electron chi connectivity index (χ2n) is 5.25. The minimum absolute atomic E-state index is 0.0150. The van der Waals surface area contributed by atoms with Gasteiger partial charge in [0, 0.05) is 31.6 Å². The molecule has 0 atom stereocenters. The molecule has 0 saturated heterocycles. The molecule has 136 valence electrons. The number of anilines is 1. The minimum Gasteiger partial charge on any atom is -0.495 e. The zero-order chi connectivity index (χ0) is 18.5. The Kier molecular flexibility index (Phi) is 10.1. The van der Waals surface area contributed by atoms with E-state index in [9.17, 15) is 4.79 Å². The van der Waals surface area contributed by atoms with Crippen molar-refractivity contribution in [2.75, 3.05) is 32.2 Å². The summed E-state index contributed by atoms with van der Waals surface area (Å²) in [6, 6.07) is 6.73. The molecule has 1 aromatic carbocycles. The summed E-state index contributed by atoms with van der Waals surface area (Å²) in [5, 5.41) is 15.1. The van der Waals surface area contributed by atoms with E-state index in [1.807, 2.05) is 6.07 Å². The fourth-order valence-corrected chi connectivity index (χ4v) is 2.15. The Hall–Kier alpha value is -2.23. The fourth-order valence-electron chi connectivity index (χ4n) is 1.89. The van der Waals surface area contributed by atoms with E-state index < -0.39 is 5.91 Å². The summed E-state index contributed by atoms with van der Waals surface area (Å²) >= 11 is 6.01. The molecule has 0 saturated carbocycles. The van der Waals surface area contributed by atoms with Crippen LogP contribution in [0.15, 0.2) is 30.0 Å². The summed E-state index contributed by atoms with van der Waals surface area (Å²) in [7, 11) is 1.51. The highest BCUT2D eigenvalue weighted by molar-refractivity contribution is 6.32. The van der Waals surface area contributed by atoms with Gasteiger partial charge in [0.15, 0.2) is 0 Å². The number of nitrogens with one attached hydrogen (secondary N) is 2. The van der Waals surface area contributed by atoms with Gasteiger partial charge in [-0.25, -0.2) is 0 Å². The Morgan fingerprint density at radius 2 is 2.12 bits per heavy atom. The maximum atomic E-state index is 12.1. The van der Waals surface area contributed by atoms with E-state index in [0.29, 0.717) is 29.6 Å². The lowest BCUT2D eigenvalue weighted by molar-refractivity contribution is -0.112. The van der Waals surface area contributed by atoms with E-state index in [2.05, 4.69) is 17.6 Å². The molecule has 0 radical (unpaired) electrons. The molecule has 2 N–H and O–H groups in total. The molecule has 6 nitrogen and oxygen atoms in total. The highest BCUT2D eigenvalue weighted by Gasteiger charge is 2.10. The first-order chi connectivity index (χ1) is 12.1. The molecular weight excluding hydrogens is 342 g/mol. The molecule has 0 aliphatic heterocycles. The number of halogens is 1. The van der Waals surface area contributed by atoms with Crippen molar-refractivity contribution in [3.05, 3.63) is 35.0 Å². The van der Waals surface area contributed by atoms with Gasteiger partial charge in [-0.05, 0) is 31.0 Å². The van der Waals surface area contributed by atoms with Gasteiger partial charge in [-0.15, -0.1) is 0 Å². The van der Waals surface area contributed by atoms with Crippen LogP contribution in [-0.4, -0.2) is 32.8 Å². The second-order valence-corrected chi connectivity index (χ2v) is 5.65. The van der Waals surface area contributed by atoms with Gasteiger partial charge in [0.05, 0.1) is 12.1 Å². The van der Waals surface area contributed by atoms with Crippen LogP contribution in [0.5, 0.6) is 5.75 Å². The molecule has 0 aliphatic rings. The Morgan fingerprint density at radius 3 is 2.76 bits per heavy atom. The van der Waals surface area contributed by atoms with Crippen molar-refractivity contribution in [3.63, 3.8) is 0 Å². The van der Waals surface area contributed by atoms with Crippen LogP contribution in [0.2, 0.25) is 5.02 Å². The van der Waals surface area contributed by atoms with E-state index in [1.165, 1.54) is 13.3 Å². The smallest absolute Gasteiger partial charge is 0.267 e. The molecular formula is C18H24ClN3O3. The molecule has 1 amide bonds. The first kappa shape index (κ1) is 20.8. The normalized spacial score (nSPS) is 10.9. The largest absolute Gasteiger partial charge is 0.495 e. The number of hydrogen-bond donors (Lipinski definition) is 2. The van der Waals surface area contributed by atoms with Crippen LogP contribution in [0.3, 0.4) is 0 Å². The van der Waals surface area contributed by atoms with Gasteiger partial charge in [-0.2, -0.15) is 5.26 Å². The molecule has 0 aromatic heterocycles. The number of hydrogen-bond acceptors (Lipinski definition) is 5. The van der Waals surface area contributed by atoms with Gasteiger partial charge in [0.1, 0.15) is 17.4 Å². The molecule has 0 bridgehead atoms. The lowest BCUT2D eigenvalue weighted by atomic mass is 10.2. The molecule has 0 fully saturated rings. The third kappa shape index (κ3) is 7.92. The molecule has 0 heterocycles. The van der Waals surface area contributed by atoms with Crippen LogP contribution >= 0.6 is 11.6 Å². The SMILES string of the molecule is CCCCOCCCN/C=C(/C#N)C(=O)Nc1ccc(OC)c(Cl)c1. The zero-order valence-corrected chi connectivity index (χ0v) is 15.4. The van der Waals surface area contributed by atoms with Crippen LogP contribution in [0, 0.1) is 11.3 Å². The number of rotatable bonds is 11. The lowest BCUT2D eigenvalue weighted by Crippen LogP contribution is -2.18. The van der Waals surface area contributed by atoms with Gasteiger partial charge in [-0.3, -0.25) is 4.79 Å². The molecule has 25 heavy (non-hydrogen) atoms. The van der Waals surface area contributed by atoms with Crippen molar-refractivity contribution < 1.29 is 14.3 Å². The quantitative estimate of drug-likeness (QED) is 0.356. The molecule has 0 unspecified atom stereocenters. The van der Waals surface area contributed by atoms with Gasteiger partial charge in [-0.1, -0.05) is 24.9 Å². The molecule has 7 heteroatoms. The van der Waals surface area contributed by atoms with Crippen molar-refractivity contribution in [2.45, 2.75) is 26.2 Å². The van der Waals surface area contributed by atoms with E-state index in [-0.39, 0.29) is 5.57 Å². The topological polar surface area (TPSA) is 83.4 Å². The van der Waals surface area contributed by atoms with Crippen molar-refractivity contribution in [1.29, 1.82) is 5.26 Å². The van der Waals surface area contributed by atoms with Crippen LogP contribution in [-0.2, 0) is 9.53 Å². The summed E-state index contributed by atoms with van der Waals surface area (Å²) in [6.07, 6.45) is 4.38. The van der Waals surface area contributed by atoms with Gasteiger partial charge in [0.25, 0.3) is 5.91 Å². The van der Waals surface area contributed by atoms with E-state index >= 15 is 0 Å². The zero-order valence-electron chi connectivity index (χ0n) is 14.6. The molecule has 1 rings (SSSR count). The predicted molar refractivity (Wildman–Crippen MR) is 98.7 cm³/mol. The van der Waals surface area contributed by atoms with E-state index in [0.717, 1.165) is 25.9 Å². The summed E-state index contributed by atoms with van der Waals surface area (Å²) in [5.74, 6) is 0.00830.